The Morgan fingerprint density at radius 2 is 1.68 bits per heavy atom. The molecule has 0 saturated carbocycles. The molecule has 0 bridgehead atoms. The molecule has 0 aliphatic carbocycles. The molecule has 2 heterocycles. The molecule has 0 fully saturated rings. The third kappa shape index (κ3) is 6.11. The molecule has 0 amide bonds. The van der Waals surface area contributed by atoms with Crippen molar-refractivity contribution >= 4 is 29.8 Å². The maximum Gasteiger partial charge on any atom is 0.123 e. The number of hydrogen-bond donors (Lipinski definition) is 1. The Morgan fingerprint density at radius 3 is 2.41 bits per heavy atom. The first-order valence-corrected chi connectivity index (χ1v) is 11.3. The van der Waals surface area contributed by atoms with Crippen molar-refractivity contribution in [3.63, 3.8) is 0 Å². The molecular weight excluding hydrogens is 467 g/mol. The SMILES string of the molecule is Cl.N#CCCCCOc1ccc(-c2ccc(-c3ccccc3Cl)n2Cc2cccc(N)n2)cc1. The van der Waals surface area contributed by atoms with Gasteiger partial charge in [0.2, 0.25) is 0 Å². The predicted octanol–water partition coefficient (Wildman–Crippen LogP) is 7.00. The molecule has 2 aromatic carbocycles. The topological polar surface area (TPSA) is 76.9 Å². The van der Waals surface area contributed by atoms with Gasteiger partial charge < -0.3 is 15.0 Å². The summed E-state index contributed by atoms with van der Waals surface area (Å²) in [6, 6.07) is 27.9. The van der Waals surface area contributed by atoms with E-state index in [1.54, 1.807) is 6.07 Å². The number of nitrogens with two attached hydrogens (primary N) is 1. The number of anilines is 1. The lowest BCUT2D eigenvalue weighted by atomic mass is 10.1. The fourth-order valence-corrected chi connectivity index (χ4v) is 3.99. The van der Waals surface area contributed by atoms with E-state index in [9.17, 15) is 0 Å². The summed E-state index contributed by atoms with van der Waals surface area (Å²) in [7, 11) is 0. The van der Waals surface area contributed by atoms with Gasteiger partial charge in [-0.15, -0.1) is 12.4 Å². The van der Waals surface area contributed by atoms with Gasteiger partial charge in [-0.2, -0.15) is 5.26 Å². The standard InChI is InChI=1S/C27H25ClN4O.ClH/c28-24-9-3-2-8-23(24)26-16-15-25(32(26)19-21-7-6-10-27(30)31-21)20-11-13-22(14-12-20)33-18-5-1-4-17-29;/h2-3,6-16H,1,4-5,18-19H2,(H2,30,31);1H. The molecule has 0 saturated heterocycles. The van der Waals surface area contributed by atoms with Gasteiger partial charge in [-0.3, -0.25) is 0 Å². The van der Waals surface area contributed by atoms with Gasteiger partial charge in [-0.1, -0.05) is 35.9 Å². The van der Waals surface area contributed by atoms with E-state index in [1.165, 1.54) is 0 Å². The number of aromatic nitrogens is 2. The fraction of sp³-hybridized carbons (Fsp3) is 0.185. The molecule has 174 valence electrons. The van der Waals surface area contributed by atoms with Crippen LogP contribution in [-0.2, 0) is 6.54 Å². The zero-order valence-corrected chi connectivity index (χ0v) is 20.2. The van der Waals surface area contributed by atoms with Gasteiger partial charge in [0.05, 0.1) is 30.6 Å². The summed E-state index contributed by atoms with van der Waals surface area (Å²) in [4.78, 5) is 4.49. The second kappa shape index (κ2) is 12.1. The average molecular weight is 493 g/mol. The van der Waals surface area contributed by atoms with Crippen molar-refractivity contribution in [1.29, 1.82) is 5.26 Å². The molecule has 2 N–H and O–H groups in total. The minimum atomic E-state index is 0. The number of hydrogen-bond acceptors (Lipinski definition) is 4. The van der Waals surface area contributed by atoms with Crippen molar-refractivity contribution in [3.05, 3.63) is 89.6 Å². The van der Waals surface area contributed by atoms with E-state index in [0.29, 0.717) is 30.4 Å². The van der Waals surface area contributed by atoms with E-state index in [-0.39, 0.29) is 12.4 Å². The van der Waals surface area contributed by atoms with Crippen molar-refractivity contribution in [1.82, 2.24) is 9.55 Å². The number of halogens is 2. The van der Waals surface area contributed by atoms with E-state index in [4.69, 9.17) is 27.3 Å². The van der Waals surface area contributed by atoms with E-state index in [0.717, 1.165) is 46.8 Å². The maximum atomic E-state index is 8.63. The Labute approximate surface area is 211 Å². The Morgan fingerprint density at radius 1 is 0.912 bits per heavy atom. The minimum Gasteiger partial charge on any atom is -0.494 e. The van der Waals surface area contributed by atoms with Crippen molar-refractivity contribution in [2.75, 3.05) is 12.3 Å². The molecule has 0 atom stereocenters. The quantitative estimate of drug-likeness (QED) is 0.255. The van der Waals surface area contributed by atoms with Crippen LogP contribution in [0.3, 0.4) is 0 Å². The lowest BCUT2D eigenvalue weighted by Crippen LogP contribution is -2.06. The Bertz CT molecular complexity index is 1260. The van der Waals surface area contributed by atoms with Gasteiger partial charge in [-0.25, -0.2) is 4.98 Å². The summed E-state index contributed by atoms with van der Waals surface area (Å²) in [5, 5.41) is 9.33. The first kappa shape index (κ1) is 25.2. The summed E-state index contributed by atoms with van der Waals surface area (Å²) in [5.74, 6) is 1.31. The molecule has 0 radical (unpaired) electrons. The van der Waals surface area contributed by atoms with Crippen LogP contribution in [0.25, 0.3) is 22.5 Å². The zero-order valence-electron chi connectivity index (χ0n) is 18.7. The van der Waals surface area contributed by atoms with Gasteiger partial charge in [0.25, 0.3) is 0 Å². The summed E-state index contributed by atoms with van der Waals surface area (Å²) in [6.07, 6.45) is 2.28. The average Bonchev–Trinajstić information content (AvgIpc) is 3.23. The summed E-state index contributed by atoms with van der Waals surface area (Å²) in [5.41, 5.74) is 10.9. The van der Waals surface area contributed by atoms with Crippen LogP contribution in [0.5, 0.6) is 5.75 Å². The highest BCUT2D eigenvalue weighted by Gasteiger charge is 2.15. The summed E-state index contributed by atoms with van der Waals surface area (Å²) >= 11 is 6.53. The third-order valence-corrected chi connectivity index (χ3v) is 5.71. The Kier molecular flexibility index (Phi) is 8.98. The van der Waals surface area contributed by atoms with Crippen LogP contribution in [-0.4, -0.2) is 16.2 Å². The van der Waals surface area contributed by atoms with Gasteiger partial charge in [0.1, 0.15) is 11.6 Å². The number of benzene rings is 2. The van der Waals surface area contributed by atoms with Crippen molar-refractivity contribution < 1.29 is 4.74 Å². The highest BCUT2D eigenvalue weighted by molar-refractivity contribution is 6.33. The lowest BCUT2D eigenvalue weighted by molar-refractivity contribution is 0.307. The molecule has 5 nitrogen and oxygen atoms in total. The molecule has 0 aliphatic rings. The normalized spacial score (nSPS) is 10.4. The van der Waals surface area contributed by atoms with Gasteiger partial charge in [0, 0.05) is 22.7 Å². The van der Waals surface area contributed by atoms with Crippen LogP contribution in [0.15, 0.2) is 78.9 Å². The van der Waals surface area contributed by atoms with Gasteiger partial charge in [0.15, 0.2) is 0 Å². The van der Waals surface area contributed by atoms with Gasteiger partial charge in [-0.05, 0) is 73.0 Å². The molecular formula is C27H26Cl2N4O. The van der Waals surface area contributed by atoms with Crippen LogP contribution in [0.4, 0.5) is 5.82 Å². The Balaban J connectivity index is 0.00000324. The van der Waals surface area contributed by atoms with Crippen LogP contribution >= 0.6 is 24.0 Å². The number of nitrogens with zero attached hydrogens (tertiary/aromatic N) is 3. The molecule has 0 aliphatic heterocycles. The first-order valence-electron chi connectivity index (χ1n) is 10.9. The minimum absolute atomic E-state index is 0. The fourth-order valence-electron chi connectivity index (χ4n) is 3.76. The number of ether oxygens (including phenoxy) is 1. The van der Waals surface area contributed by atoms with E-state index < -0.39 is 0 Å². The third-order valence-electron chi connectivity index (χ3n) is 5.38. The van der Waals surface area contributed by atoms with E-state index >= 15 is 0 Å². The zero-order chi connectivity index (χ0) is 23.0. The molecule has 2 aromatic heterocycles. The number of rotatable bonds is 9. The summed E-state index contributed by atoms with van der Waals surface area (Å²) < 4.78 is 8.02. The number of nitriles is 1. The highest BCUT2D eigenvalue weighted by atomic mass is 35.5. The number of unbranched alkanes of at least 4 members (excludes halogenated alkanes) is 2. The molecule has 4 aromatic rings. The maximum absolute atomic E-state index is 8.63. The predicted molar refractivity (Wildman–Crippen MR) is 140 cm³/mol. The molecule has 0 spiro atoms. The number of pyridine rings is 1. The molecule has 4 rings (SSSR count). The van der Waals surface area contributed by atoms with Crippen LogP contribution < -0.4 is 10.5 Å². The molecule has 34 heavy (non-hydrogen) atoms. The van der Waals surface area contributed by atoms with Crippen molar-refractivity contribution in [2.24, 2.45) is 0 Å². The highest BCUT2D eigenvalue weighted by Crippen LogP contribution is 2.34. The van der Waals surface area contributed by atoms with E-state index in [2.05, 4.69) is 39.9 Å². The molecule has 0 unspecified atom stereocenters. The van der Waals surface area contributed by atoms with Gasteiger partial charge >= 0.3 is 0 Å². The van der Waals surface area contributed by atoms with Crippen LogP contribution in [0.1, 0.15) is 25.0 Å². The largest absolute Gasteiger partial charge is 0.494 e. The van der Waals surface area contributed by atoms with Crippen molar-refractivity contribution in [2.45, 2.75) is 25.8 Å². The Hall–Kier alpha value is -3.46. The smallest absolute Gasteiger partial charge is 0.123 e. The number of nitrogen functional groups attached to an aromatic ring is 1. The lowest BCUT2D eigenvalue weighted by Gasteiger charge is -2.15. The first-order chi connectivity index (χ1) is 16.2. The molecule has 7 heteroatoms. The second-order valence-corrected chi connectivity index (χ2v) is 8.12. The van der Waals surface area contributed by atoms with Crippen LogP contribution in [0.2, 0.25) is 5.02 Å². The van der Waals surface area contributed by atoms with E-state index in [1.807, 2.05) is 48.5 Å². The van der Waals surface area contributed by atoms with Crippen LogP contribution in [0, 0.1) is 11.3 Å². The second-order valence-electron chi connectivity index (χ2n) is 7.71. The summed E-state index contributed by atoms with van der Waals surface area (Å²) in [6.45, 7) is 1.17. The van der Waals surface area contributed by atoms with Crippen molar-refractivity contribution in [3.8, 4) is 34.3 Å². The monoisotopic (exact) mass is 492 g/mol.